The van der Waals surface area contributed by atoms with Gasteiger partial charge in [0, 0.05) is 6.54 Å². The molecule has 2 heteroatoms. The summed E-state index contributed by atoms with van der Waals surface area (Å²) in [7, 11) is 0. The van der Waals surface area contributed by atoms with Gasteiger partial charge >= 0.3 is 0 Å². The van der Waals surface area contributed by atoms with Crippen molar-refractivity contribution in [3.63, 3.8) is 0 Å². The summed E-state index contributed by atoms with van der Waals surface area (Å²) < 4.78 is 5.73. The van der Waals surface area contributed by atoms with E-state index in [0.29, 0.717) is 6.54 Å². The zero-order valence-corrected chi connectivity index (χ0v) is 8.99. The Hall–Kier alpha value is -1.02. The van der Waals surface area contributed by atoms with E-state index in [9.17, 15) is 0 Å². The van der Waals surface area contributed by atoms with Crippen LogP contribution in [0.15, 0.2) is 24.3 Å². The molecule has 0 heterocycles. The summed E-state index contributed by atoms with van der Waals surface area (Å²) in [5.74, 6) is 0.916. The second kappa shape index (κ2) is 5.66. The van der Waals surface area contributed by atoms with Gasteiger partial charge in [-0.05, 0) is 25.5 Å². The molecule has 0 aromatic heterocycles. The highest BCUT2D eigenvalue weighted by Crippen LogP contribution is 2.14. The number of aryl methyl sites for hydroxylation is 1. The molecule has 0 saturated carbocycles. The Labute approximate surface area is 86.1 Å². The van der Waals surface area contributed by atoms with E-state index in [1.807, 2.05) is 12.1 Å². The number of nitrogens with two attached hydrogens (primary N) is 1. The van der Waals surface area contributed by atoms with Crippen LogP contribution < -0.4 is 10.5 Å². The Morgan fingerprint density at radius 1 is 1.29 bits per heavy atom. The lowest BCUT2D eigenvalue weighted by Gasteiger charge is -2.16. The van der Waals surface area contributed by atoms with Gasteiger partial charge < -0.3 is 10.5 Å². The molecule has 0 aliphatic rings. The van der Waals surface area contributed by atoms with Crippen LogP contribution >= 0.6 is 0 Å². The van der Waals surface area contributed by atoms with Gasteiger partial charge in [0.1, 0.15) is 11.9 Å². The summed E-state index contributed by atoms with van der Waals surface area (Å²) in [4.78, 5) is 0. The fourth-order valence-electron chi connectivity index (χ4n) is 1.36. The van der Waals surface area contributed by atoms with E-state index in [2.05, 4.69) is 26.0 Å². The monoisotopic (exact) mass is 193 g/mol. The molecular weight excluding hydrogens is 174 g/mol. The van der Waals surface area contributed by atoms with Crippen LogP contribution in [0.5, 0.6) is 5.75 Å². The summed E-state index contributed by atoms with van der Waals surface area (Å²) in [6, 6.07) is 8.09. The van der Waals surface area contributed by atoms with Crippen molar-refractivity contribution in [2.75, 3.05) is 6.54 Å². The first kappa shape index (κ1) is 11.1. The second-order valence-electron chi connectivity index (χ2n) is 3.58. The Kier molecular flexibility index (Phi) is 4.47. The zero-order chi connectivity index (χ0) is 10.4. The summed E-state index contributed by atoms with van der Waals surface area (Å²) in [5.41, 5.74) is 6.86. The van der Waals surface area contributed by atoms with Gasteiger partial charge in [0.2, 0.25) is 0 Å². The fourth-order valence-corrected chi connectivity index (χ4v) is 1.36. The number of hydrogen-bond donors (Lipinski definition) is 1. The van der Waals surface area contributed by atoms with E-state index in [0.717, 1.165) is 18.6 Å². The van der Waals surface area contributed by atoms with Crippen molar-refractivity contribution in [1.29, 1.82) is 0 Å². The Morgan fingerprint density at radius 3 is 2.43 bits per heavy atom. The van der Waals surface area contributed by atoms with Crippen molar-refractivity contribution in [2.45, 2.75) is 32.8 Å². The van der Waals surface area contributed by atoms with Crippen LogP contribution in [0.25, 0.3) is 0 Å². The van der Waals surface area contributed by atoms with Crippen molar-refractivity contribution < 1.29 is 4.74 Å². The predicted octanol–water partition coefficient (Wildman–Crippen LogP) is 2.50. The molecule has 14 heavy (non-hydrogen) atoms. The lowest BCUT2D eigenvalue weighted by molar-refractivity contribution is 0.198. The van der Waals surface area contributed by atoms with E-state index in [1.54, 1.807) is 0 Å². The highest BCUT2D eigenvalue weighted by atomic mass is 16.5. The molecular formula is C12H19NO. The minimum Gasteiger partial charge on any atom is -0.489 e. The maximum Gasteiger partial charge on any atom is 0.119 e. The molecule has 2 nitrogen and oxygen atoms in total. The fraction of sp³-hybridized carbons (Fsp3) is 0.500. The molecule has 1 atom stereocenters. The van der Waals surface area contributed by atoms with Gasteiger partial charge in [-0.25, -0.2) is 0 Å². The van der Waals surface area contributed by atoms with Gasteiger partial charge in [0.25, 0.3) is 0 Å². The molecule has 0 radical (unpaired) electrons. The van der Waals surface area contributed by atoms with E-state index in [-0.39, 0.29) is 6.10 Å². The first-order valence-electron chi connectivity index (χ1n) is 5.19. The van der Waals surface area contributed by atoms with Gasteiger partial charge in [-0.15, -0.1) is 0 Å². The largest absolute Gasteiger partial charge is 0.489 e. The van der Waals surface area contributed by atoms with E-state index in [4.69, 9.17) is 10.5 Å². The van der Waals surface area contributed by atoms with Crippen molar-refractivity contribution in [2.24, 2.45) is 5.73 Å². The molecule has 2 N–H and O–H groups in total. The normalized spacial score (nSPS) is 12.5. The van der Waals surface area contributed by atoms with Crippen LogP contribution in [-0.4, -0.2) is 12.6 Å². The van der Waals surface area contributed by atoms with Gasteiger partial charge in [-0.2, -0.15) is 0 Å². The Bertz CT molecular complexity index is 256. The van der Waals surface area contributed by atoms with Crippen LogP contribution in [-0.2, 0) is 0 Å². The lowest BCUT2D eigenvalue weighted by Crippen LogP contribution is -2.26. The minimum atomic E-state index is 0.155. The van der Waals surface area contributed by atoms with Crippen molar-refractivity contribution >= 4 is 0 Å². The number of ether oxygens (including phenoxy) is 1. The second-order valence-corrected chi connectivity index (χ2v) is 3.58. The van der Waals surface area contributed by atoms with Crippen molar-refractivity contribution in [3.05, 3.63) is 29.8 Å². The first-order chi connectivity index (χ1) is 6.76. The first-order valence-corrected chi connectivity index (χ1v) is 5.19. The molecule has 1 aromatic carbocycles. The maximum absolute atomic E-state index is 5.73. The molecule has 1 aromatic rings. The van der Waals surface area contributed by atoms with E-state index >= 15 is 0 Å². The molecule has 0 spiro atoms. The molecule has 0 bridgehead atoms. The van der Waals surface area contributed by atoms with Crippen LogP contribution in [0.3, 0.4) is 0 Å². The van der Waals surface area contributed by atoms with Gasteiger partial charge in [0.05, 0.1) is 0 Å². The molecule has 1 unspecified atom stereocenters. The molecule has 0 aliphatic carbocycles. The van der Waals surface area contributed by atoms with Gasteiger partial charge in [-0.1, -0.05) is 31.0 Å². The van der Waals surface area contributed by atoms with Gasteiger partial charge in [-0.3, -0.25) is 0 Å². The molecule has 1 rings (SSSR count). The van der Waals surface area contributed by atoms with Crippen LogP contribution in [0.2, 0.25) is 0 Å². The predicted molar refractivity (Wildman–Crippen MR) is 59.6 cm³/mol. The Balaban J connectivity index is 2.53. The van der Waals surface area contributed by atoms with Gasteiger partial charge in [0.15, 0.2) is 0 Å². The summed E-state index contributed by atoms with van der Waals surface area (Å²) >= 11 is 0. The van der Waals surface area contributed by atoms with Crippen LogP contribution in [0.1, 0.15) is 25.3 Å². The Morgan fingerprint density at radius 2 is 1.93 bits per heavy atom. The van der Waals surface area contributed by atoms with Crippen LogP contribution in [0.4, 0.5) is 0 Å². The minimum absolute atomic E-state index is 0.155. The van der Waals surface area contributed by atoms with Crippen molar-refractivity contribution in [3.8, 4) is 5.75 Å². The summed E-state index contributed by atoms with van der Waals surface area (Å²) in [6.45, 7) is 4.79. The summed E-state index contributed by atoms with van der Waals surface area (Å²) in [5, 5.41) is 0. The van der Waals surface area contributed by atoms with Crippen molar-refractivity contribution in [1.82, 2.24) is 0 Å². The molecule has 0 aliphatic heterocycles. The average molecular weight is 193 g/mol. The topological polar surface area (TPSA) is 35.2 Å². The molecule has 0 saturated heterocycles. The molecule has 0 fully saturated rings. The SMILES string of the molecule is CCCC(CN)Oc1ccc(C)cc1. The van der Waals surface area contributed by atoms with E-state index < -0.39 is 0 Å². The highest BCUT2D eigenvalue weighted by molar-refractivity contribution is 5.26. The highest BCUT2D eigenvalue weighted by Gasteiger charge is 2.06. The summed E-state index contributed by atoms with van der Waals surface area (Å²) in [6.07, 6.45) is 2.28. The third kappa shape index (κ3) is 3.38. The zero-order valence-electron chi connectivity index (χ0n) is 8.99. The smallest absolute Gasteiger partial charge is 0.119 e. The third-order valence-corrected chi connectivity index (χ3v) is 2.20. The standard InChI is InChI=1S/C12H19NO/c1-3-4-12(9-13)14-11-7-5-10(2)6-8-11/h5-8,12H,3-4,9,13H2,1-2H3. The van der Waals surface area contributed by atoms with E-state index in [1.165, 1.54) is 5.56 Å². The average Bonchev–Trinajstić information content (AvgIpc) is 2.20. The quantitative estimate of drug-likeness (QED) is 0.779. The third-order valence-electron chi connectivity index (χ3n) is 2.20. The molecule has 0 amide bonds. The maximum atomic E-state index is 5.73. The molecule has 78 valence electrons. The number of hydrogen-bond acceptors (Lipinski definition) is 2. The number of benzene rings is 1. The number of rotatable bonds is 5. The van der Waals surface area contributed by atoms with Crippen LogP contribution in [0, 0.1) is 6.92 Å². The lowest BCUT2D eigenvalue weighted by atomic mass is 10.2.